The maximum Gasteiger partial charge on any atom is 0.333 e. The van der Waals surface area contributed by atoms with Crippen LogP contribution in [0.25, 0.3) is 22.2 Å². The zero-order chi connectivity index (χ0) is 23.4. The summed E-state index contributed by atoms with van der Waals surface area (Å²) in [6.45, 7) is 0. The van der Waals surface area contributed by atoms with Crippen LogP contribution < -0.4 is 15.6 Å². The van der Waals surface area contributed by atoms with E-state index >= 15 is 0 Å². The molecule has 0 radical (unpaired) electrons. The molecule has 0 spiro atoms. The minimum Gasteiger partial charge on any atom is -0.494 e. The number of nitrogens with zero attached hydrogens (tertiary/aromatic N) is 1. The number of aromatic amines is 1. The van der Waals surface area contributed by atoms with Crippen LogP contribution in [0.15, 0.2) is 77.7 Å². The number of amides is 1. The first-order chi connectivity index (χ1) is 16.0. The Hall–Kier alpha value is -4.46. The third-order valence-corrected chi connectivity index (χ3v) is 5.17. The van der Waals surface area contributed by atoms with Gasteiger partial charge in [-0.25, -0.2) is 9.78 Å². The van der Waals surface area contributed by atoms with Gasteiger partial charge in [0.1, 0.15) is 5.69 Å². The van der Waals surface area contributed by atoms with Crippen molar-refractivity contribution < 1.29 is 19.1 Å². The van der Waals surface area contributed by atoms with E-state index < -0.39 is 23.5 Å². The topological polar surface area (TPSA) is 110 Å². The van der Waals surface area contributed by atoms with E-state index in [1.807, 2.05) is 36.4 Å². The van der Waals surface area contributed by atoms with Crippen molar-refractivity contribution in [3.05, 3.63) is 94.4 Å². The second-order valence-corrected chi connectivity index (χ2v) is 7.17. The zero-order valence-corrected chi connectivity index (χ0v) is 18.0. The maximum atomic E-state index is 13.6. The second-order valence-electron chi connectivity index (χ2n) is 7.17. The van der Waals surface area contributed by atoms with E-state index in [4.69, 9.17) is 14.5 Å². The van der Waals surface area contributed by atoms with Crippen molar-refractivity contribution in [2.24, 2.45) is 0 Å². The molecule has 2 N–H and O–H groups in total. The Morgan fingerprint density at radius 2 is 1.73 bits per heavy atom. The molecule has 0 saturated heterocycles. The van der Waals surface area contributed by atoms with Crippen LogP contribution in [0.4, 0.5) is 0 Å². The predicted octanol–water partition coefficient (Wildman–Crippen LogP) is 3.24. The van der Waals surface area contributed by atoms with Crippen molar-refractivity contribution in [1.82, 2.24) is 15.3 Å². The number of para-hydroxylation sites is 1. The second kappa shape index (κ2) is 9.35. The summed E-state index contributed by atoms with van der Waals surface area (Å²) in [6, 6.07) is 18.1. The van der Waals surface area contributed by atoms with Gasteiger partial charge in [-0.1, -0.05) is 48.5 Å². The molecule has 0 aliphatic heterocycles. The first kappa shape index (κ1) is 21.8. The van der Waals surface area contributed by atoms with Crippen molar-refractivity contribution in [1.29, 1.82) is 0 Å². The summed E-state index contributed by atoms with van der Waals surface area (Å²) in [6.07, 6.45) is 1.40. The summed E-state index contributed by atoms with van der Waals surface area (Å²) < 4.78 is 10.5. The molecule has 8 nitrogen and oxygen atoms in total. The number of methoxy groups -OCH3 is 2. The van der Waals surface area contributed by atoms with Gasteiger partial charge < -0.3 is 19.8 Å². The summed E-state index contributed by atoms with van der Waals surface area (Å²) >= 11 is 0. The van der Waals surface area contributed by atoms with Gasteiger partial charge in [0.15, 0.2) is 11.8 Å². The average molecular weight is 443 g/mol. The van der Waals surface area contributed by atoms with E-state index in [1.165, 1.54) is 32.5 Å². The number of ether oxygens (including phenoxy) is 2. The Morgan fingerprint density at radius 1 is 1.00 bits per heavy atom. The van der Waals surface area contributed by atoms with Crippen molar-refractivity contribution >= 4 is 22.8 Å². The molecule has 8 heteroatoms. The monoisotopic (exact) mass is 443 g/mol. The Balaban J connectivity index is 1.88. The molecule has 1 amide bonds. The molecule has 2 aromatic carbocycles. The number of benzene rings is 2. The number of carbonyl (C=O) groups is 2. The normalized spacial score (nSPS) is 11.6. The van der Waals surface area contributed by atoms with Crippen LogP contribution in [0.5, 0.6) is 5.75 Å². The molecule has 1 unspecified atom stereocenters. The molecular formula is C25H21N3O5. The number of aromatic nitrogens is 2. The summed E-state index contributed by atoms with van der Waals surface area (Å²) in [5.74, 6) is -1.01. The van der Waals surface area contributed by atoms with Gasteiger partial charge in [0.2, 0.25) is 5.56 Å². The van der Waals surface area contributed by atoms with Gasteiger partial charge in [0, 0.05) is 23.2 Å². The predicted molar refractivity (Wildman–Crippen MR) is 123 cm³/mol. The molecular weight excluding hydrogens is 422 g/mol. The summed E-state index contributed by atoms with van der Waals surface area (Å²) in [5, 5.41) is 3.26. The van der Waals surface area contributed by atoms with E-state index in [9.17, 15) is 14.4 Å². The van der Waals surface area contributed by atoms with Crippen LogP contribution in [-0.2, 0) is 9.53 Å². The lowest BCUT2D eigenvalue weighted by Gasteiger charge is -2.20. The van der Waals surface area contributed by atoms with Gasteiger partial charge >= 0.3 is 5.97 Å². The largest absolute Gasteiger partial charge is 0.494 e. The first-order valence-electron chi connectivity index (χ1n) is 10.1. The number of hydrogen-bond acceptors (Lipinski definition) is 6. The molecule has 1 atom stereocenters. The summed E-state index contributed by atoms with van der Waals surface area (Å²) in [7, 11) is 2.67. The lowest BCUT2D eigenvalue weighted by Crippen LogP contribution is -2.35. The minimum absolute atomic E-state index is 0.223. The van der Waals surface area contributed by atoms with E-state index in [1.54, 1.807) is 18.2 Å². The Bertz CT molecular complexity index is 1380. The molecule has 0 aliphatic rings. The quantitative estimate of drug-likeness (QED) is 0.443. The Labute approximate surface area is 189 Å². The highest BCUT2D eigenvalue weighted by Gasteiger charge is 2.28. The molecule has 0 saturated carbocycles. The smallest absolute Gasteiger partial charge is 0.333 e. The summed E-state index contributed by atoms with van der Waals surface area (Å²) in [4.78, 5) is 45.1. The van der Waals surface area contributed by atoms with Crippen molar-refractivity contribution in [2.75, 3.05) is 14.2 Å². The fourth-order valence-electron chi connectivity index (χ4n) is 3.65. The number of carbonyl (C=O) groups excluding carboxylic acids is 2. The SMILES string of the molecule is COC(=O)C(NC(=O)c1c(OC)c(-c2ccccc2)nc2ccccc12)c1cc[nH]c(=O)c1. The lowest BCUT2D eigenvalue weighted by molar-refractivity contribution is -0.143. The molecule has 0 aliphatic carbocycles. The van der Waals surface area contributed by atoms with E-state index in [-0.39, 0.29) is 11.3 Å². The molecule has 4 aromatic rings. The molecule has 166 valence electrons. The fraction of sp³-hybridized carbons (Fsp3) is 0.120. The highest BCUT2D eigenvalue weighted by molar-refractivity contribution is 6.11. The van der Waals surface area contributed by atoms with Crippen LogP contribution in [0.2, 0.25) is 0 Å². The van der Waals surface area contributed by atoms with Crippen molar-refractivity contribution in [2.45, 2.75) is 6.04 Å². The fourth-order valence-corrected chi connectivity index (χ4v) is 3.65. The number of hydrogen-bond donors (Lipinski definition) is 2. The van der Waals surface area contributed by atoms with Gasteiger partial charge in [-0.05, 0) is 17.7 Å². The van der Waals surface area contributed by atoms with E-state index in [0.29, 0.717) is 22.2 Å². The number of esters is 1. The molecule has 33 heavy (non-hydrogen) atoms. The van der Waals surface area contributed by atoms with Gasteiger partial charge in [-0.2, -0.15) is 0 Å². The Kier molecular flexibility index (Phi) is 6.17. The molecule has 4 rings (SSSR count). The number of nitrogens with one attached hydrogen (secondary N) is 2. The van der Waals surface area contributed by atoms with Gasteiger partial charge in [0.25, 0.3) is 5.91 Å². The van der Waals surface area contributed by atoms with Crippen LogP contribution >= 0.6 is 0 Å². The third kappa shape index (κ3) is 4.31. The summed E-state index contributed by atoms with van der Waals surface area (Å²) in [5.41, 5.74) is 1.96. The maximum absolute atomic E-state index is 13.6. The van der Waals surface area contributed by atoms with E-state index in [0.717, 1.165) is 5.56 Å². The van der Waals surface area contributed by atoms with Crippen LogP contribution in [0.1, 0.15) is 22.0 Å². The van der Waals surface area contributed by atoms with Crippen LogP contribution in [0, 0.1) is 0 Å². The molecule has 2 heterocycles. The molecule has 2 aromatic heterocycles. The third-order valence-electron chi connectivity index (χ3n) is 5.17. The molecule has 0 fully saturated rings. The Morgan fingerprint density at radius 3 is 2.42 bits per heavy atom. The highest BCUT2D eigenvalue weighted by atomic mass is 16.5. The number of H-pyrrole nitrogens is 1. The van der Waals surface area contributed by atoms with Crippen molar-refractivity contribution in [3.8, 4) is 17.0 Å². The zero-order valence-electron chi connectivity index (χ0n) is 18.0. The van der Waals surface area contributed by atoms with Crippen LogP contribution in [-0.4, -0.2) is 36.1 Å². The van der Waals surface area contributed by atoms with E-state index in [2.05, 4.69) is 10.3 Å². The number of pyridine rings is 2. The standard InChI is InChI=1S/C25H21N3O5/c1-32-23-20(24(30)28-22(25(31)33-2)16-12-13-26-19(29)14-16)17-10-6-7-11-18(17)27-21(23)15-8-4-3-5-9-15/h3-14,22H,1-2H3,(H,26,29)(H,28,30). The average Bonchev–Trinajstić information content (AvgIpc) is 2.85. The molecule has 0 bridgehead atoms. The van der Waals surface area contributed by atoms with Gasteiger partial charge in [-0.15, -0.1) is 0 Å². The number of fused-ring (bicyclic) bond motifs is 1. The van der Waals surface area contributed by atoms with Gasteiger partial charge in [0.05, 0.1) is 25.3 Å². The van der Waals surface area contributed by atoms with Crippen molar-refractivity contribution in [3.63, 3.8) is 0 Å². The van der Waals surface area contributed by atoms with Gasteiger partial charge in [-0.3, -0.25) is 9.59 Å². The minimum atomic E-state index is -1.19. The first-order valence-corrected chi connectivity index (χ1v) is 10.1. The lowest BCUT2D eigenvalue weighted by atomic mass is 10.0. The number of rotatable bonds is 6. The van der Waals surface area contributed by atoms with Crippen LogP contribution in [0.3, 0.4) is 0 Å². The highest BCUT2D eigenvalue weighted by Crippen LogP contribution is 2.36.